The van der Waals surface area contributed by atoms with Gasteiger partial charge in [0.1, 0.15) is 17.2 Å². The number of nitrogens with one attached hydrogen (secondary N) is 2. The maximum Gasteiger partial charge on any atom is 0.416 e. The minimum absolute atomic E-state index is 0.0503. The molecule has 0 spiro atoms. The van der Waals surface area contributed by atoms with Gasteiger partial charge < -0.3 is 10.6 Å². The molecule has 2 N–H and O–H groups in total. The molecule has 2 amide bonds. The van der Waals surface area contributed by atoms with Crippen molar-refractivity contribution in [1.29, 1.82) is 0 Å². The highest BCUT2D eigenvalue weighted by molar-refractivity contribution is 5.76. The number of rotatable bonds is 6. The van der Waals surface area contributed by atoms with E-state index in [0.29, 0.717) is 11.6 Å². The van der Waals surface area contributed by atoms with Crippen molar-refractivity contribution in [3.63, 3.8) is 0 Å². The summed E-state index contributed by atoms with van der Waals surface area (Å²) >= 11 is 0. The summed E-state index contributed by atoms with van der Waals surface area (Å²) in [6.07, 6.45) is -0.478. The molecule has 35 heavy (non-hydrogen) atoms. The summed E-state index contributed by atoms with van der Waals surface area (Å²) in [6.45, 7) is 0. The van der Waals surface area contributed by atoms with E-state index in [1.54, 1.807) is 30.3 Å². The van der Waals surface area contributed by atoms with E-state index in [0.717, 1.165) is 50.1 Å². The molecule has 1 saturated carbocycles. The van der Waals surface area contributed by atoms with Crippen molar-refractivity contribution in [2.45, 2.75) is 49.9 Å². The van der Waals surface area contributed by atoms with Crippen molar-refractivity contribution < 1.29 is 26.7 Å². The Morgan fingerprint density at radius 3 is 2.23 bits per heavy atom. The van der Waals surface area contributed by atoms with Crippen LogP contribution in [0.1, 0.15) is 48.1 Å². The summed E-state index contributed by atoms with van der Waals surface area (Å²) < 4.78 is 69.2. The highest BCUT2D eigenvalue weighted by Crippen LogP contribution is 2.37. The van der Waals surface area contributed by atoms with Crippen LogP contribution in [-0.4, -0.2) is 17.1 Å². The zero-order valence-electron chi connectivity index (χ0n) is 18.7. The second kappa shape index (κ2) is 10.0. The maximum atomic E-state index is 14.6. The summed E-state index contributed by atoms with van der Waals surface area (Å²) in [7, 11) is 0. The SMILES string of the molecule is O=C(NC1CCCC1)N[C@](Cc1ccccc1)(c1cc(F)cc(C(F)(F)F)c1)c1ccc(F)cn1. The fraction of sp³-hybridized carbons (Fsp3) is 0.308. The lowest BCUT2D eigenvalue weighted by Crippen LogP contribution is -2.54. The van der Waals surface area contributed by atoms with Gasteiger partial charge in [-0.2, -0.15) is 13.2 Å². The number of hydrogen-bond acceptors (Lipinski definition) is 2. The van der Waals surface area contributed by atoms with Crippen LogP contribution in [0.15, 0.2) is 66.9 Å². The van der Waals surface area contributed by atoms with E-state index >= 15 is 0 Å². The molecule has 0 unspecified atom stereocenters. The monoisotopic (exact) mass is 489 g/mol. The standard InChI is InChI=1S/C26H24F5N3O/c27-20-10-11-23(32-16-20)25(15-17-6-2-1-3-7-17,34-24(35)33-22-8-4-5-9-22)18-12-19(26(29,30)31)14-21(28)13-18/h1-3,6-7,10-14,16,22H,4-5,8-9,15H2,(H2,33,34,35)/t25-/m1/s1. The van der Waals surface area contributed by atoms with Crippen LogP contribution in [0.2, 0.25) is 0 Å². The first-order chi connectivity index (χ1) is 16.7. The molecule has 1 heterocycles. The van der Waals surface area contributed by atoms with E-state index in [1.165, 1.54) is 6.07 Å². The van der Waals surface area contributed by atoms with Gasteiger partial charge >= 0.3 is 12.2 Å². The van der Waals surface area contributed by atoms with Crippen LogP contribution in [-0.2, 0) is 18.1 Å². The van der Waals surface area contributed by atoms with Crippen molar-refractivity contribution >= 4 is 6.03 Å². The Morgan fingerprint density at radius 1 is 0.914 bits per heavy atom. The van der Waals surface area contributed by atoms with Gasteiger partial charge in [-0.05, 0) is 54.3 Å². The first-order valence-corrected chi connectivity index (χ1v) is 11.3. The molecule has 9 heteroatoms. The van der Waals surface area contributed by atoms with Gasteiger partial charge in [0, 0.05) is 12.5 Å². The summed E-state index contributed by atoms with van der Waals surface area (Å²) in [6, 6.07) is 12.5. The summed E-state index contributed by atoms with van der Waals surface area (Å²) in [5.74, 6) is -1.78. The van der Waals surface area contributed by atoms with Crippen LogP contribution in [0.4, 0.5) is 26.7 Å². The van der Waals surface area contributed by atoms with Gasteiger partial charge in [0.05, 0.1) is 17.5 Å². The molecule has 0 radical (unpaired) electrons. The van der Waals surface area contributed by atoms with Crippen LogP contribution >= 0.6 is 0 Å². The molecule has 3 aromatic rings. The molecular weight excluding hydrogens is 465 g/mol. The molecule has 184 valence electrons. The molecule has 1 atom stereocenters. The fourth-order valence-corrected chi connectivity index (χ4v) is 4.54. The van der Waals surface area contributed by atoms with E-state index < -0.39 is 34.9 Å². The van der Waals surface area contributed by atoms with Crippen LogP contribution in [0.5, 0.6) is 0 Å². The van der Waals surface area contributed by atoms with Gasteiger partial charge in [0.25, 0.3) is 0 Å². The average Bonchev–Trinajstić information content (AvgIpc) is 3.31. The number of hydrogen-bond donors (Lipinski definition) is 2. The zero-order valence-corrected chi connectivity index (χ0v) is 18.7. The second-order valence-corrected chi connectivity index (χ2v) is 8.74. The summed E-state index contributed by atoms with van der Waals surface area (Å²) in [4.78, 5) is 17.3. The molecule has 1 aliphatic rings. The Labute approximate surface area is 199 Å². The first kappa shape index (κ1) is 24.6. The first-order valence-electron chi connectivity index (χ1n) is 11.3. The number of carbonyl (C=O) groups excluding carboxylic acids is 1. The topological polar surface area (TPSA) is 54.0 Å². The van der Waals surface area contributed by atoms with Gasteiger partial charge in [0.2, 0.25) is 0 Å². The Balaban J connectivity index is 1.89. The molecule has 1 aliphatic carbocycles. The lowest BCUT2D eigenvalue weighted by Gasteiger charge is -2.36. The van der Waals surface area contributed by atoms with E-state index in [9.17, 15) is 26.7 Å². The van der Waals surface area contributed by atoms with Crippen molar-refractivity contribution in [3.05, 3.63) is 101 Å². The molecule has 0 bridgehead atoms. The Bertz CT molecular complexity index is 1160. The van der Waals surface area contributed by atoms with Gasteiger partial charge in [-0.1, -0.05) is 43.2 Å². The normalized spacial score (nSPS) is 16.0. The number of alkyl halides is 3. The number of amides is 2. The van der Waals surface area contributed by atoms with Crippen LogP contribution in [0.25, 0.3) is 0 Å². The van der Waals surface area contributed by atoms with Gasteiger partial charge in [-0.3, -0.25) is 4.98 Å². The lowest BCUT2D eigenvalue weighted by molar-refractivity contribution is -0.137. The zero-order chi connectivity index (χ0) is 25.1. The predicted octanol–water partition coefficient (Wildman–Crippen LogP) is 6.11. The number of aromatic nitrogens is 1. The van der Waals surface area contributed by atoms with E-state index in [-0.39, 0.29) is 23.7 Å². The Morgan fingerprint density at radius 2 is 1.60 bits per heavy atom. The number of benzene rings is 2. The van der Waals surface area contributed by atoms with E-state index in [4.69, 9.17) is 0 Å². The number of urea groups is 1. The average molecular weight is 489 g/mol. The molecule has 1 fully saturated rings. The maximum absolute atomic E-state index is 14.6. The second-order valence-electron chi connectivity index (χ2n) is 8.74. The summed E-state index contributed by atoms with van der Waals surface area (Å²) in [5.41, 5.74) is -2.36. The van der Waals surface area contributed by atoms with Crippen LogP contribution in [0.3, 0.4) is 0 Å². The largest absolute Gasteiger partial charge is 0.416 e. The Kier molecular flexibility index (Phi) is 7.05. The number of pyridine rings is 1. The lowest BCUT2D eigenvalue weighted by atomic mass is 9.79. The third-order valence-corrected chi connectivity index (χ3v) is 6.21. The van der Waals surface area contributed by atoms with E-state index in [1.807, 2.05) is 0 Å². The number of halogens is 5. The van der Waals surface area contributed by atoms with E-state index in [2.05, 4.69) is 15.6 Å². The van der Waals surface area contributed by atoms with Crippen molar-refractivity contribution in [3.8, 4) is 0 Å². The van der Waals surface area contributed by atoms with Gasteiger partial charge in [0.15, 0.2) is 0 Å². The molecule has 4 rings (SSSR count). The quantitative estimate of drug-likeness (QED) is 0.411. The van der Waals surface area contributed by atoms with Crippen molar-refractivity contribution in [2.24, 2.45) is 0 Å². The van der Waals surface area contributed by atoms with Crippen LogP contribution in [0, 0.1) is 11.6 Å². The minimum Gasteiger partial charge on any atom is -0.335 e. The smallest absolute Gasteiger partial charge is 0.335 e. The van der Waals surface area contributed by atoms with Gasteiger partial charge in [-0.15, -0.1) is 0 Å². The highest BCUT2D eigenvalue weighted by atomic mass is 19.4. The molecule has 0 saturated heterocycles. The summed E-state index contributed by atoms with van der Waals surface area (Å²) in [5, 5.41) is 5.66. The molecule has 1 aromatic heterocycles. The Hall–Kier alpha value is -3.49. The molecular formula is C26H24F5N3O. The minimum atomic E-state index is -4.82. The molecule has 2 aromatic carbocycles. The highest BCUT2D eigenvalue weighted by Gasteiger charge is 2.41. The third kappa shape index (κ3) is 5.78. The molecule has 4 nitrogen and oxygen atoms in total. The third-order valence-electron chi connectivity index (χ3n) is 6.21. The van der Waals surface area contributed by atoms with Gasteiger partial charge in [-0.25, -0.2) is 13.6 Å². The van der Waals surface area contributed by atoms with Crippen molar-refractivity contribution in [1.82, 2.24) is 15.6 Å². The predicted molar refractivity (Wildman–Crippen MR) is 120 cm³/mol. The fourth-order valence-electron chi connectivity index (χ4n) is 4.54. The van der Waals surface area contributed by atoms with Crippen molar-refractivity contribution in [2.75, 3.05) is 0 Å². The van der Waals surface area contributed by atoms with Crippen LogP contribution < -0.4 is 10.6 Å². The number of nitrogens with zero attached hydrogens (tertiary/aromatic N) is 1. The number of carbonyl (C=O) groups is 1. The molecule has 0 aliphatic heterocycles.